The summed E-state index contributed by atoms with van der Waals surface area (Å²) in [5.74, 6) is 0.622. The topological polar surface area (TPSA) is 32.3 Å². The van der Waals surface area contributed by atoms with Crippen LogP contribution in [0.25, 0.3) is 0 Å². The Bertz CT molecular complexity index is 790. The summed E-state index contributed by atoms with van der Waals surface area (Å²) in [6, 6.07) is 16.1. The molecule has 3 nitrogen and oxygen atoms in total. The zero-order chi connectivity index (χ0) is 18.7. The first-order valence-corrected chi connectivity index (χ1v) is 9.30. The van der Waals surface area contributed by atoms with Crippen molar-refractivity contribution in [3.8, 4) is 0 Å². The van der Waals surface area contributed by atoms with Crippen LogP contribution in [-0.4, -0.2) is 24.4 Å². The molecule has 1 aliphatic rings. The molecule has 0 aliphatic carbocycles. The Morgan fingerprint density at radius 1 is 1.08 bits per heavy atom. The lowest BCUT2D eigenvalue weighted by Gasteiger charge is -2.35. The molecule has 1 amide bonds. The van der Waals surface area contributed by atoms with Gasteiger partial charge in [-0.2, -0.15) is 0 Å². The third-order valence-electron chi connectivity index (χ3n) is 5.17. The highest BCUT2D eigenvalue weighted by Gasteiger charge is 2.26. The number of nitrogens with one attached hydrogen (secondary N) is 1. The summed E-state index contributed by atoms with van der Waals surface area (Å²) in [6.07, 6.45) is 3.32. The Morgan fingerprint density at radius 2 is 1.73 bits per heavy atom. The van der Waals surface area contributed by atoms with Crippen molar-refractivity contribution in [1.29, 1.82) is 0 Å². The molecule has 2 aromatic rings. The summed E-state index contributed by atoms with van der Waals surface area (Å²) in [4.78, 5) is 15.4. The fraction of sp³-hybridized carbons (Fsp3) is 0.348. The van der Waals surface area contributed by atoms with Crippen LogP contribution in [0.1, 0.15) is 46.4 Å². The Kier molecular flexibility index (Phi) is 5.46. The van der Waals surface area contributed by atoms with E-state index in [-0.39, 0.29) is 11.9 Å². The third-order valence-corrected chi connectivity index (χ3v) is 5.17. The largest absolute Gasteiger partial charge is 0.376 e. The summed E-state index contributed by atoms with van der Waals surface area (Å²) in [5, 5.41) is 3.30. The first-order valence-electron chi connectivity index (χ1n) is 9.30. The molecule has 0 spiro atoms. The SMILES string of the molecule is Cc1cccc(C)c1C(=O)NC(C1=CCC(C)CN1C)c1ccccc1. The molecule has 1 N–H and O–H groups in total. The van der Waals surface area contributed by atoms with E-state index in [9.17, 15) is 4.79 Å². The van der Waals surface area contributed by atoms with Gasteiger partial charge in [0.05, 0.1) is 6.04 Å². The summed E-state index contributed by atoms with van der Waals surface area (Å²) in [7, 11) is 2.11. The molecule has 0 bridgehead atoms. The van der Waals surface area contributed by atoms with Crippen LogP contribution in [0.4, 0.5) is 0 Å². The third kappa shape index (κ3) is 3.82. The van der Waals surface area contributed by atoms with Gasteiger partial charge in [0.15, 0.2) is 0 Å². The van der Waals surface area contributed by atoms with Gasteiger partial charge >= 0.3 is 0 Å². The first kappa shape index (κ1) is 18.2. The summed E-state index contributed by atoms with van der Waals surface area (Å²) in [5.41, 5.74) is 5.08. The number of hydrogen-bond acceptors (Lipinski definition) is 2. The van der Waals surface area contributed by atoms with Gasteiger partial charge in [-0.05, 0) is 42.9 Å². The monoisotopic (exact) mass is 348 g/mol. The first-order chi connectivity index (χ1) is 12.5. The maximum absolute atomic E-state index is 13.1. The molecule has 1 heterocycles. The normalized spacial score (nSPS) is 18.2. The lowest BCUT2D eigenvalue weighted by atomic mass is 9.94. The van der Waals surface area contributed by atoms with Crippen LogP contribution in [0, 0.1) is 19.8 Å². The Balaban J connectivity index is 1.96. The van der Waals surface area contributed by atoms with Crippen molar-refractivity contribution in [2.24, 2.45) is 5.92 Å². The van der Waals surface area contributed by atoms with E-state index in [1.54, 1.807) is 0 Å². The van der Waals surface area contributed by atoms with Crippen molar-refractivity contribution < 1.29 is 4.79 Å². The quantitative estimate of drug-likeness (QED) is 0.874. The Hall–Kier alpha value is -2.55. The van der Waals surface area contributed by atoms with E-state index in [4.69, 9.17) is 0 Å². The molecule has 0 radical (unpaired) electrons. The maximum atomic E-state index is 13.1. The van der Waals surface area contributed by atoms with Crippen molar-refractivity contribution in [2.45, 2.75) is 33.2 Å². The highest BCUT2D eigenvalue weighted by Crippen LogP contribution is 2.30. The minimum absolute atomic E-state index is 0.0117. The number of hydrogen-bond donors (Lipinski definition) is 1. The average molecular weight is 348 g/mol. The minimum Gasteiger partial charge on any atom is -0.376 e. The van der Waals surface area contributed by atoms with Gasteiger partial charge in [0.2, 0.25) is 0 Å². The van der Waals surface area contributed by atoms with Crippen molar-refractivity contribution in [3.05, 3.63) is 82.6 Å². The van der Waals surface area contributed by atoms with E-state index in [0.717, 1.165) is 35.2 Å². The van der Waals surface area contributed by atoms with Gasteiger partial charge in [-0.1, -0.05) is 61.5 Å². The number of carbonyl (C=O) groups excluding carboxylic acids is 1. The number of carbonyl (C=O) groups is 1. The van der Waals surface area contributed by atoms with Gasteiger partial charge < -0.3 is 10.2 Å². The van der Waals surface area contributed by atoms with Crippen molar-refractivity contribution in [3.63, 3.8) is 0 Å². The molecule has 3 heteroatoms. The van der Waals surface area contributed by atoms with Crippen LogP contribution in [-0.2, 0) is 0 Å². The average Bonchev–Trinajstić information content (AvgIpc) is 2.61. The molecular formula is C23H28N2O. The number of aryl methyl sites for hydroxylation is 2. The number of rotatable bonds is 4. The standard InChI is InChI=1S/C23H28N2O/c1-16-13-14-20(25(4)15-16)22(19-11-6-5-7-12-19)24-23(26)21-17(2)9-8-10-18(21)3/h5-12,14,16,22H,13,15H2,1-4H3,(H,24,26). The molecule has 136 valence electrons. The van der Waals surface area contributed by atoms with Gasteiger partial charge in [0, 0.05) is 24.9 Å². The van der Waals surface area contributed by atoms with Gasteiger partial charge in [0.25, 0.3) is 5.91 Å². The maximum Gasteiger partial charge on any atom is 0.252 e. The molecule has 1 aliphatic heterocycles. The fourth-order valence-electron chi connectivity index (χ4n) is 3.81. The fourth-order valence-corrected chi connectivity index (χ4v) is 3.81. The van der Waals surface area contributed by atoms with Gasteiger partial charge in [0.1, 0.15) is 0 Å². The van der Waals surface area contributed by atoms with Crippen molar-refractivity contribution >= 4 is 5.91 Å². The molecule has 26 heavy (non-hydrogen) atoms. The van der Waals surface area contributed by atoms with E-state index in [1.165, 1.54) is 5.70 Å². The van der Waals surface area contributed by atoms with E-state index < -0.39 is 0 Å². The molecule has 0 aromatic heterocycles. The second-order valence-electron chi connectivity index (χ2n) is 7.43. The molecule has 0 saturated heterocycles. The Labute approximate surface area is 156 Å². The molecule has 2 atom stereocenters. The van der Waals surface area contributed by atoms with Gasteiger partial charge in [-0.3, -0.25) is 4.79 Å². The number of likely N-dealkylation sites (N-methyl/N-ethyl adjacent to an activating group) is 1. The summed E-state index contributed by atoms with van der Waals surface area (Å²) in [6.45, 7) is 7.26. The van der Waals surface area contributed by atoms with Crippen LogP contribution in [0.15, 0.2) is 60.3 Å². The van der Waals surface area contributed by atoms with E-state index in [2.05, 4.69) is 42.4 Å². The van der Waals surface area contributed by atoms with E-state index >= 15 is 0 Å². The van der Waals surface area contributed by atoms with Crippen LogP contribution in [0.3, 0.4) is 0 Å². The second-order valence-corrected chi connectivity index (χ2v) is 7.43. The second kappa shape index (κ2) is 7.77. The molecule has 2 aromatic carbocycles. The number of allylic oxidation sites excluding steroid dienone is 1. The predicted molar refractivity (Wildman–Crippen MR) is 107 cm³/mol. The van der Waals surface area contributed by atoms with Crippen molar-refractivity contribution in [1.82, 2.24) is 10.2 Å². The number of benzene rings is 2. The summed E-state index contributed by atoms with van der Waals surface area (Å²) >= 11 is 0. The van der Waals surface area contributed by atoms with Crippen LogP contribution >= 0.6 is 0 Å². The molecule has 2 unspecified atom stereocenters. The van der Waals surface area contributed by atoms with Crippen molar-refractivity contribution in [2.75, 3.05) is 13.6 Å². The molecular weight excluding hydrogens is 320 g/mol. The Morgan fingerprint density at radius 3 is 2.35 bits per heavy atom. The van der Waals surface area contributed by atoms with Crippen LogP contribution in [0.5, 0.6) is 0 Å². The lowest BCUT2D eigenvalue weighted by molar-refractivity contribution is 0.0934. The van der Waals surface area contributed by atoms with Gasteiger partial charge in [-0.15, -0.1) is 0 Å². The van der Waals surface area contributed by atoms with Crippen LogP contribution < -0.4 is 5.32 Å². The summed E-state index contributed by atoms with van der Waals surface area (Å²) < 4.78 is 0. The highest BCUT2D eigenvalue weighted by molar-refractivity contribution is 5.97. The predicted octanol–water partition coefficient (Wildman–Crippen LogP) is 4.63. The molecule has 3 rings (SSSR count). The number of amides is 1. The van der Waals surface area contributed by atoms with Gasteiger partial charge in [-0.25, -0.2) is 0 Å². The minimum atomic E-state index is -0.139. The molecule has 0 fully saturated rings. The van der Waals surface area contributed by atoms with E-state index in [0.29, 0.717) is 5.92 Å². The lowest BCUT2D eigenvalue weighted by Crippen LogP contribution is -2.38. The smallest absolute Gasteiger partial charge is 0.252 e. The zero-order valence-corrected chi connectivity index (χ0v) is 16.1. The van der Waals surface area contributed by atoms with E-state index in [1.807, 2.05) is 50.2 Å². The highest BCUT2D eigenvalue weighted by atomic mass is 16.1. The molecule has 0 saturated carbocycles. The van der Waals surface area contributed by atoms with Crippen LogP contribution in [0.2, 0.25) is 0 Å². The number of nitrogens with zero attached hydrogens (tertiary/aromatic N) is 1. The zero-order valence-electron chi connectivity index (χ0n) is 16.1.